The molecule has 0 radical (unpaired) electrons. The van der Waals surface area contributed by atoms with E-state index < -0.39 is 0 Å². The van der Waals surface area contributed by atoms with Crippen LogP contribution in [-0.4, -0.2) is 35.7 Å². The average molecular weight is 358 g/mol. The van der Waals surface area contributed by atoms with Crippen molar-refractivity contribution in [2.45, 2.75) is 40.3 Å². The van der Waals surface area contributed by atoms with Gasteiger partial charge < -0.3 is 19.9 Å². The van der Waals surface area contributed by atoms with E-state index in [-0.39, 0.29) is 0 Å². The van der Waals surface area contributed by atoms with E-state index in [2.05, 4.69) is 58.1 Å². The van der Waals surface area contributed by atoms with Crippen molar-refractivity contribution < 1.29 is 4.74 Å². The highest BCUT2D eigenvalue weighted by molar-refractivity contribution is 5.79. The van der Waals surface area contributed by atoms with Gasteiger partial charge in [-0.2, -0.15) is 0 Å². The average Bonchev–Trinajstić information content (AvgIpc) is 3.06. The second kappa shape index (κ2) is 10.5. The van der Waals surface area contributed by atoms with Crippen molar-refractivity contribution in [2.75, 3.05) is 20.2 Å². The summed E-state index contributed by atoms with van der Waals surface area (Å²) in [5.74, 6) is 3.28. The van der Waals surface area contributed by atoms with Crippen molar-refractivity contribution in [2.24, 2.45) is 10.9 Å². The quantitative estimate of drug-likeness (QED) is 0.535. The van der Waals surface area contributed by atoms with Gasteiger partial charge in [0.1, 0.15) is 18.1 Å². The Kier molecular flexibility index (Phi) is 7.99. The molecule has 0 saturated carbocycles. The SMILES string of the molecule is CCNC(=NCc1nccn1CC(C)C)NCCc1ccc(OC)cc1. The van der Waals surface area contributed by atoms with Gasteiger partial charge in [-0.1, -0.05) is 26.0 Å². The molecule has 6 heteroatoms. The van der Waals surface area contributed by atoms with Crippen molar-refractivity contribution in [3.05, 3.63) is 48.0 Å². The van der Waals surface area contributed by atoms with Crippen molar-refractivity contribution in [1.29, 1.82) is 0 Å². The smallest absolute Gasteiger partial charge is 0.191 e. The predicted octanol–water partition coefficient (Wildman–Crippen LogP) is 2.85. The van der Waals surface area contributed by atoms with Crippen LogP contribution in [0.15, 0.2) is 41.7 Å². The number of rotatable bonds is 9. The summed E-state index contributed by atoms with van der Waals surface area (Å²) in [6.45, 7) is 9.66. The first kappa shape index (κ1) is 19.8. The van der Waals surface area contributed by atoms with Crippen LogP contribution in [0.3, 0.4) is 0 Å². The lowest BCUT2D eigenvalue weighted by Gasteiger charge is -2.12. The summed E-state index contributed by atoms with van der Waals surface area (Å²) in [6.07, 6.45) is 4.79. The lowest BCUT2D eigenvalue weighted by Crippen LogP contribution is -2.38. The van der Waals surface area contributed by atoms with Crippen LogP contribution in [0.2, 0.25) is 0 Å². The number of ether oxygens (including phenoxy) is 1. The van der Waals surface area contributed by atoms with E-state index in [1.165, 1.54) is 5.56 Å². The van der Waals surface area contributed by atoms with E-state index in [1.807, 2.05) is 24.5 Å². The second-order valence-electron chi connectivity index (χ2n) is 6.61. The zero-order chi connectivity index (χ0) is 18.8. The molecule has 0 spiro atoms. The number of aliphatic imine (C=N–C) groups is 1. The fraction of sp³-hybridized carbons (Fsp3) is 0.500. The van der Waals surface area contributed by atoms with Crippen LogP contribution in [0.25, 0.3) is 0 Å². The summed E-state index contributed by atoms with van der Waals surface area (Å²) in [7, 11) is 1.68. The lowest BCUT2D eigenvalue weighted by molar-refractivity contribution is 0.414. The van der Waals surface area contributed by atoms with Gasteiger partial charge in [-0.05, 0) is 37.0 Å². The van der Waals surface area contributed by atoms with Crippen LogP contribution >= 0.6 is 0 Å². The summed E-state index contributed by atoms with van der Waals surface area (Å²) in [5, 5.41) is 6.68. The molecule has 6 nitrogen and oxygen atoms in total. The Balaban J connectivity index is 1.88. The molecule has 1 heterocycles. The molecule has 0 aliphatic heterocycles. The molecule has 0 saturated heterocycles. The van der Waals surface area contributed by atoms with Gasteiger partial charge in [0, 0.05) is 32.0 Å². The number of nitrogens with zero attached hydrogens (tertiary/aromatic N) is 3. The minimum absolute atomic E-state index is 0.567. The van der Waals surface area contributed by atoms with Gasteiger partial charge in [-0.15, -0.1) is 0 Å². The highest BCUT2D eigenvalue weighted by Crippen LogP contribution is 2.11. The van der Waals surface area contributed by atoms with E-state index in [0.717, 1.165) is 43.6 Å². The Morgan fingerprint density at radius 3 is 2.65 bits per heavy atom. The predicted molar refractivity (Wildman–Crippen MR) is 107 cm³/mol. The van der Waals surface area contributed by atoms with Gasteiger partial charge in [-0.3, -0.25) is 0 Å². The molecule has 0 atom stereocenters. The highest BCUT2D eigenvalue weighted by Gasteiger charge is 2.05. The number of hydrogen-bond donors (Lipinski definition) is 2. The van der Waals surface area contributed by atoms with Crippen LogP contribution in [0.4, 0.5) is 0 Å². The van der Waals surface area contributed by atoms with Crippen LogP contribution < -0.4 is 15.4 Å². The van der Waals surface area contributed by atoms with E-state index >= 15 is 0 Å². The molecule has 2 aromatic rings. The third-order valence-corrected chi connectivity index (χ3v) is 3.95. The molecular formula is C20H31N5O. The minimum Gasteiger partial charge on any atom is -0.497 e. The second-order valence-corrected chi connectivity index (χ2v) is 6.61. The first-order valence-electron chi connectivity index (χ1n) is 9.27. The van der Waals surface area contributed by atoms with Crippen molar-refractivity contribution in [3.63, 3.8) is 0 Å². The normalized spacial score (nSPS) is 11.7. The third-order valence-electron chi connectivity index (χ3n) is 3.95. The standard InChI is InChI=1S/C20H31N5O/c1-5-21-20(23-11-10-17-6-8-18(26-4)9-7-17)24-14-19-22-12-13-25(19)15-16(2)3/h6-9,12-13,16H,5,10-11,14-15H2,1-4H3,(H2,21,23,24). The van der Waals surface area contributed by atoms with Crippen molar-refractivity contribution >= 4 is 5.96 Å². The molecule has 0 unspecified atom stereocenters. The molecule has 0 aliphatic carbocycles. The van der Waals surface area contributed by atoms with E-state index in [4.69, 9.17) is 4.74 Å². The summed E-state index contributed by atoms with van der Waals surface area (Å²) in [4.78, 5) is 9.11. The Hall–Kier alpha value is -2.50. The van der Waals surface area contributed by atoms with E-state index in [1.54, 1.807) is 7.11 Å². The maximum absolute atomic E-state index is 5.19. The van der Waals surface area contributed by atoms with Gasteiger partial charge in [0.25, 0.3) is 0 Å². The molecule has 0 bridgehead atoms. The van der Waals surface area contributed by atoms with E-state index in [0.29, 0.717) is 12.5 Å². The number of hydrogen-bond acceptors (Lipinski definition) is 3. The molecule has 2 rings (SSSR count). The number of benzene rings is 1. The topological polar surface area (TPSA) is 63.5 Å². The van der Waals surface area contributed by atoms with Gasteiger partial charge in [0.2, 0.25) is 0 Å². The number of methoxy groups -OCH3 is 1. The molecule has 2 N–H and O–H groups in total. The first-order chi connectivity index (χ1) is 12.6. The van der Waals surface area contributed by atoms with Gasteiger partial charge >= 0.3 is 0 Å². The zero-order valence-electron chi connectivity index (χ0n) is 16.3. The summed E-state index contributed by atoms with van der Waals surface area (Å²) in [6, 6.07) is 8.16. The minimum atomic E-state index is 0.567. The zero-order valence-corrected chi connectivity index (χ0v) is 16.3. The first-order valence-corrected chi connectivity index (χ1v) is 9.27. The molecule has 1 aromatic heterocycles. The molecule has 142 valence electrons. The number of imidazole rings is 1. The summed E-state index contributed by atoms with van der Waals surface area (Å²) < 4.78 is 7.37. The monoisotopic (exact) mass is 357 g/mol. The third kappa shape index (κ3) is 6.43. The fourth-order valence-electron chi connectivity index (χ4n) is 2.66. The molecule has 0 aliphatic rings. The highest BCUT2D eigenvalue weighted by atomic mass is 16.5. The van der Waals surface area contributed by atoms with E-state index in [9.17, 15) is 0 Å². The summed E-state index contributed by atoms with van der Waals surface area (Å²) in [5.41, 5.74) is 1.27. The maximum Gasteiger partial charge on any atom is 0.191 e. The number of aromatic nitrogens is 2. The number of guanidine groups is 1. The number of nitrogens with one attached hydrogen (secondary N) is 2. The molecule has 0 amide bonds. The molecular weight excluding hydrogens is 326 g/mol. The van der Waals surface area contributed by atoms with Crippen LogP contribution in [0, 0.1) is 5.92 Å². The molecule has 26 heavy (non-hydrogen) atoms. The van der Waals surface area contributed by atoms with Gasteiger partial charge in [0.15, 0.2) is 5.96 Å². The lowest BCUT2D eigenvalue weighted by atomic mass is 10.1. The van der Waals surface area contributed by atoms with Gasteiger partial charge in [-0.25, -0.2) is 9.98 Å². The Morgan fingerprint density at radius 2 is 2.00 bits per heavy atom. The van der Waals surface area contributed by atoms with Gasteiger partial charge in [0.05, 0.1) is 7.11 Å². The fourth-order valence-corrected chi connectivity index (χ4v) is 2.66. The Bertz CT molecular complexity index is 676. The van der Waals surface area contributed by atoms with Crippen LogP contribution in [-0.2, 0) is 19.5 Å². The van der Waals surface area contributed by atoms with Crippen LogP contribution in [0.1, 0.15) is 32.2 Å². The Morgan fingerprint density at radius 1 is 1.23 bits per heavy atom. The molecule has 1 aromatic carbocycles. The van der Waals surface area contributed by atoms with Crippen molar-refractivity contribution in [1.82, 2.24) is 20.2 Å². The Labute approximate surface area is 156 Å². The largest absolute Gasteiger partial charge is 0.497 e. The summed E-state index contributed by atoms with van der Waals surface area (Å²) >= 11 is 0. The van der Waals surface area contributed by atoms with Crippen molar-refractivity contribution in [3.8, 4) is 5.75 Å². The maximum atomic E-state index is 5.19. The van der Waals surface area contributed by atoms with Crippen LogP contribution in [0.5, 0.6) is 5.75 Å². The molecule has 0 fully saturated rings.